The lowest BCUT2D eigenvalue weighted by atomic mass is 9.97. The topological polar surface area (TPSA) is 29.3 Å². The molecule has 1 aromatic rings. The second-order valence-corrected chi connectivity index (χ2v) is 5.87. The van der Waals surface area contributed by atoms with E-state index in [9.17, 15) is 0 Å². The third kappa shape index (κ3) is 4.20. The summed E-state index contributed by atoms with van der Waals surface area (Å²) in [5.74, 6) is 0.613. The van der Waals surface area contributed by atoms with Crippen LogP contribution in [0.2, 0.25) is 0 Å². The van der Waals surface area contributed by atoms with E-state index in [1.54, 1.807) is 0 Å². The van der Waals surface area contributed by atoms with E-state index in [0.717, 1.165) is 25.9 Å². The first kappa shape index (κ1) is 16.5. The van der Waals surface area contributed by atoms with Crippen LogP contribution in [0.5, 0.6) is 0 Å². The number of hydrogen-bond acceptors (Lipinski definition) is 2. The largest absolute Gasteiger partial charge is 0.328 e. The van der Waals surface area contributed by atoms with Crippen molar-refractivity contribution < 1.29 is 0 Å². The highest BCUT2D eigenvalue weighted by Gasteiger charge is 2.21. The molecule has 0 aliphatic carbocycles. The molecule has 0 radical (unpaired) electrons. The van der Waals surface area contributed by atoms with Gasteiger partial charge < -0.3 is 5.73 Å². The maximum absolute atomic E-state index is 5.96. The summed E-state index contributed by atoms with van der Waals surface area (Å²) in [6, 6.07) is 10.0. The van der Waals surface area contributed by atoms with E-state index >= 15 is 0 Å². The number of nitrogens with zero attached hydrogens (tertiary/aromatic N) is 1. The summed E-state index contributed by atoms with van der Waals surface area (Å²) in [6.07, 6.45) is 2.27. The van der Waals surface area contributed by atoms with E-state index in [-0.39, 0.29) is 12.4 Å². The van der Waals surface area contributed by atoms with Crippen LogP contribution in [-0.2, 0) is 0 Å². The molecule has 0 aromatic heterocycles. The summed E-state index contributed by atoms with van der Waals surface area (Å²) in [5.41, 5.74) is 8.81. The molecular formula is C16H27ClN2. The first-order chi connectivity index (χ1) is 8.58. The van der Waals surface area contributed by atoms with Gasteiger partial charge in [0.2, 0.25) is 0 Å². The minimum absolute atomic E-state index is 0. The molecular weight excluding hydrogens is 256 g/mol. The zero-order chi connectivity index (χ0) is 13.1. The first-order valence-electron chi connectivity index (χ1n) is 7.17. The van der Waals surface area contributed by atoms with Gasteiger partial charge in [0.1, 0.15) is 0 Å². The monoisotopic (exact) mass is 282 g/mol. The van der Waals surface area contributed by atoms with E-state index in [2.05, 4.69) is 49.9 Å². The van der Waals surface area contributed by atoms with Crippen molar-refractivity contribution in [1.82, 2.24) is 4.90 Å². The van der Waals surface area contributed by atoms with Gasteiger partial charge in [0.05, 0.1) is 0 Å². The fourth-order valence-corrected chi connectivity index (χ4v) is 2.68. The molecule has 2 N–H and O–H groups in total. The minimum Gasteiger partial charge on any atom is -0.328 e. The number of piperidine rings is 1. The van der Waals surface area contributed by atoms with Crippen molar-refractivity contribution >= 4 is 12.4 Å². The Bertz CT molecular complexity index is 367. The van der Waals surface area contributed by atoms with Crippen LogP contribution < -0.4 is 5.73 Å². The quantitative estimate of drug-likeness (QED) is 0.916. The van der Waals surface area contributed by atoms with E-state index in [1.165, 1.54) is 11.1 Å². The molecule has 0 saturated carbocycles. The van der Waals surface area contributed by atoms with Crippen LogP contribution in [-0.4, -0.2) is 24.0 Å². The molecule has 1 aromatic carbocycles. The van der Waals surface area contributed by atoms with Gasteiger partial charge in [0, 0.05) is 25.2 Å². The second kappa shape index (κ2) is 7.28. The average molecular weight is 283 g/mol. The molecule has 1 unspecified atom stereocenters. The normalized spacial score (nSPS) is 19.2. The highest BCUT2D eigenvalue weighted by Crippen LogP contribution is 2.25. The minimum atomic E-state index is 0. The summed E-state index contributed by atoms with van der Waals surface area (Å²) in [6.45, 7) is 9.05. The van der Waals surface area contributed by atoms with E-state index in [4.69, 9.17) is 5.73 Å². The van der Waals surface area contributed by atoms with Crippen LogP contribution >= 0.6 is 12.4 Å². The predicted octanol–water partition coefficient (Wildman–Crippen LogP) is 3.72. The van der Waals surface area contributed by atoms with Crippen LogP contribution in [0.15, 0.2) is 24.3 Å². The third-order valence-corrected chi connectivity index (χ3v) is 4.21. The molecule has 2 nitrogen and oxygen atoms in total. The molecule has 0 bridgehead atoms. The second-order valence-electron chi connectivity index (χ2n) is 5.87. The Balaban J connectivity index is 0.00000180. The first-order valence-corrected chi connectivity index (χ1v) is 7.17. The fourth-order valence-electron chi connectivity index (χ4n) is 2.68. The molecule has 3 heteroatoms. The predicted molar refractivity (Wildman–Crippen MR) is 85.0 cm³/mol. The number of nitrogens with two attached hydrogens (primary N) is 1. The standard InChI is InChI=1S/C16H26N2.ClH/c1-12(2)14-4-6-15(7-5-14)13(3)18-10-8-16(17)9-11-18;/h4-7,12-13,16H,8-11,17H2,1-3H3;1H. The third-order valence-electron chi connectivity index (χ3n) is 4.21. The zero-order valence-electron chi connectivity index (χ0n) is 12.3. The van der Waals surface area contributed by atoms with Crippen molar-refractivity contribution in [3.05, 3.63) is 35.4 Å². The molecule has 1 aliphatic heterocycles. The lowest BCUT2D eigenvalue weighted by Gasteiger charge is -2.35. The number of halogens is 1. The lowest BCUT2D eigenvalue weighted by molar-refractivity contribution is 0.163. The number of rotatable bonds is 3. The molecule has 19 heavy (non-hydrogen) atoms. The summed E-state index contributed by atoms with van der Waals surface area (Å²) in [7, 11) is 0. The summed E-state index contributed by atoms with van der Waals surface area (Å²) < 4.78 is 0. The van der Waals surface area contributed by atoms with Gasteiger partial charge in [0.15, 0.2) is 0 Å². The highest BCUT2D eigenvalue weighted by molar-refractivity contribution is 5.85. The van der Waals surface area contributed by atoms with Gasteiger partial charge in [-0.2, -0.15) is 0 Å². The van der Waals surface area contributed by atoms with Gasteiger partial charge in [-0.25, -0.2) is 0 Å². The molecule has 1 fully saturated rings. The molecule has 108 valence electrons. The van der Waals surface area contributed by atoms with Crippen LogP contribution in [0.25, 0.3) is 0 Å². The molecule has 2 rings (SSSR count). The van der Waals surface area contributed by atoms with Gasteiger partial charge in [-0.15, -0.1) is 12.4 Å². The number of hydrogen-bond donors (Lipinski definition) is 1. The Morgan fingerprint density at radius 3 is 1.95 bits per heavy atom. The molecule has 1 atom stereocenters. The van der Waals surface area contributed by atoms with E-state index in [1.807, 2.05) is 0 Å². The SMILES string of the molecule is CC(C)c1ccc(C(C)N2CCC(N)CC2)cc1.Cl. The van der Waals surface area contributed by atoms with Gasteiger partial charge >= 0.3 is 0 Å². The van der Waals surface area contributed by atoms with Crippen molar-refractivity contribution in [3.63, 3.8) is 0 Å². The van der Waals surface area contributed by atoms with E-state index < -0.39 is 0 Å². The molecule has 0 amide bonds. The van der Waals surface area contributed by atoms with Crippen LogP contribution in [0.1, 0.15) is 56.7 Å². The fraction of sp³-hybridized carbons (Fsp3) is 0.625. The van der Waals surface area contributed by atoms with Crippen LogP contribution in [0.3, 0.4) is 0 Å². The van der Waals surface area contributed by atoms with Gasteiger partial charge in [0.25, 0.3) is 0 Å². The van der Waals surface area contributed by atoms with Crippen molar-refractivity contribution in [3.8, 4) is 0 Å². The molecule has 1 heterocycles. The smallest absolute Gasteiger partial charge is 0.0319 e. The Morgan fingerprint density at radius 1 is 1.00 bits per heavy atom. The lowest BCUT2D eigenvalue weighted by Crippen LogP contribution is -2.40. The average Bonchev–Trinajstić information content (AvgIpc) is 2.39. The van der Waals surface area contributed by atoms with Crippen molar-refractivity contribution in [2.75, 3.05) is 13.1 Å². The number of likely N-dealkylation sites (tertiary alicyclic amines) is 1. The molecule has 1 saturated heterocycles. The Morgan fingerprint density at radius 2 is 1.47 bits per heavy atom. The van der Waals surface area contributed by atoms with Crippen molar-refractivity contribution in [2.45, 2.75) is 51.6 Å². The Hall–Kier alpha value is -0.570. The Labute approximate surface area is 123 Å². The summed E-state index contributed by atoms with van der Waals surface area (Å²) >= 11 is 0. The van der Waals surface area contributed by atoms with Gasteiger partial charge in [-0.3, -0.25) is 4.90 Å². The summed E-state index contributed by atoms with van der Waals surface area (Å²) in [4.78, 5) is 2.55. The zero-order valence-corrected chi connectivity index (χ0v) is 13.1. The van der Waals surface area contributed by atoms with Gasteiger partial charge in [-0.05, 0) is 36.8 Å². The summed E-state index contributed by atoms with van der Waals surface area (Å²) in [5, 5.41) is 0. The van der Waals surface area contributed by atoms with E-state index in [0.29, 0.717) is 18.0 Å². The van der Waals surface area contributed by atoms with Gasteiger partial charge in [-0.1, -0.05) is 38.1 Å². The van der Waals surface area contributed by atoms with Crippen LogP contribution in [0, 0.1) is 0 Å². The van der Waals surface area contributed by atoms with Crippen LogP contribution in [0.4, 0.5) is 0 Å². The number of benzene rings is 1. The highest BCUT2D eigenvalue weighted by atomic mass is 35.5. The van der Waals surface area contributed by atoms with Crippen molar-refractivity contribution in [1.29, 1.82) is 0 Å². The maximum atomic E-state index is 5.96. The molecule has 1 aliphatic rings. The maximum Gasteiger partial charge on any atom is 0.0319 e. The Kier molecular flexibility index (Phi) is 6.31. The molecule has 0 spiro atoms. The van der Waals surface area contributed by atoms with Crippen molar-refractivity contribution in [2.24, 2.45) is 5.73 Å².